The first-order valence-electron chi connectivity index (χ1n) is 15.0. The van der Waals surface area contributed by atoms with Gasteiger partial charge >= 0.3 is 0 Å². The first-order chi connectivity index (χ1) is 18.6. The molecule has 0 heterocycles. The number of benzene rings is 2. The lowest BCUT2D eigenvalue weighted by molar-refractivity contribution is 0.486. The minimum atomic E-state index is 1.02. The Kier molecular flexibility index (Phi) is 19.5. The van der Waals surface area contributed by atoms with E-state index in [1.165, 1.54) is 82.4 Å². The molecule has 1 aliphatic carbocycles. The second-order valence-corrected chi connectivity index (χ2v) is 11.3. The molecule has 0 unspecified atom stereocenters. The largest absolute Gasteiger partial charge is 0.381 e. The second-order valence-electron chi connectivity index (χ2n) is 10.3. The molecular formula is C37H59NS. The number of fused-ring (bicyclic) bond motifs is 1. The van der Waals surface area contributed by atoms with E-state index in [4.69, 9.17) is 0 Å². The SMILES string of the molecule is C=C(C)Cc1c(CC)cc(C)c(C)c1C.C=C(SC)c1ccc2c(c1)CCCCCC2.C=CN(C)CC.CC. The zero-order valence-corrected chi connectivity index (χ0v) is 28.0. The number of thioether (sulfide) groups is 1. The molecule has 1 aliphatic rings. The van der Waals surface area contributed by atoms with Gasteiger partial charge in [-0.2, -0.15) is 0 Å². The molecule has 3 rings (SSSR count). The third-order valence-corrected chi connectivity index (χ3v) is 8.20. The molecule has 0 saturated heterocycles. The van der Waals surface area contributed by atoms with Crippen LogP contribution in [0.25, 0.3) is 4.91 Å². The van der Waals surface area contributed by atoms with Crippen molar-refractivity contribution < 1.29 is 0 Å². The van der Waals surface area contributed by atoms with Gasteiger partial charge in [0.15, 0.2) is 0 Å². The number of hydrogen-bond acceptors (Lipinski definition) is 2. The van der Waals surface area contributed by atoms with Gasteiger partial charge in [-0.25, -0.2) is 0 Å². The van der Waals surface area contributed by atoms with Crippen molar-refractivity contribution in [3.63, 3.8) is 0 Å². The summed E-state index contributed by atoms with van der Waals surface area (Å²) in [5, 5.41) is 0. The van der Waals surface area contributed by atoms with Crippen LogP contribution in [0, 0.1) is 20.8 Å². The van der Waals surface area contributed by atoms with Crippen molar-refractivity contribution in [3.05, 3.63) is 100 Å². The van der Waals surface area contributed by atoms with Crippen LogP contribution < -0.4 is 0 Å². The molecule has 0 fully saturated rings. The van der Waals surface area contributed by atoms with Crippen molar-refractivity contribution in [3.8, 4) is 0 Å². The lowest BCUT2D eigenvalue weighted by Crippen LogP contribution is -2.06. The van der Waals surface area contributed by atoms with Crippen molar-refractivity contribution in [2.45, 2.75) is 107 Å². The van der Waals surface area contributed by atoms with E-state index in [0.717, 1.165) is 19.4 Å². The fraction of sp³-hybridized carbons (Fsp3) is 0.514. The summed E-state index contributed by atoms with van der Waals surface area (Å²) in [4.78, 5) is 3.20. The number of nitrogens with zero attached hydrogens (tertiary/aromatic N) is 1. The summed E-state index contributed by atoms with van der Waals surface area (Å²) in [6.45, 7) is 29.8. The Hall–Kier alpha value is -2.19. The average Bonchev–Trinajstić information content (AvgIpc) is 2.94. The predicted molar refractivity (Wildman–Crippen MR) is 183 cm³/mol. The molecule has 0 amide bonds. The van der Waals surface area contributed by atoms with E-state index in [9.17, 15) is 0 Å². The Labute approximate surface area is 247 Å². The molecule has 0 bridgehead atoms. The van der Waals surface area contributed by atoms with E-state index in [0.29, 0.717) is 0 Å². The van der Waals surface area contributed by atoms with Crippen LogP contribution in [0.5, 0.6) is 0 Å². The Balaban J connectivity index is 0.000000586. The monoisotopic (exact) mass is 549 g/mol. The highest BCUT2D eigenvalue weighted by atomic mass is 32.2. The topological polar surface area (TPSA) is 3.24 Å². The first kappa shape index (κ1) is 36.8. The van der Waals surface area contributed by atoms with E-state index in [1.807, 2.05) is 25.8 Å². The minimum absolute atomic E-state index is 1.02. The number of allylic oxidation sites excluding steroid dienone is 1. The molecular weight excluding hydrogens is 490 g/mol. The van der Waals surface area contributed by atoms with Crippen molar-refractivity contribution in [1.82, 2.24) is 4.90 Å². The van der Waals surface area contributed by atoms with Crippen LogP contribution in [0.1, 0.15) is 105 Å². The summed E-state index contributed by atoms with van der Waals surface area (Å²) in [6.07, 6.45) is 14.1. The van der Waals surface area contributed by atoms with Gasteiger partial charge in [-0.1, -0.05) is 83.2 Å². The van der Waals surface area contributed by atoms with Crippen LogP contribution in [0.3, 0.4) is 0 Å². The highest BCUT2D eigenvalue weighted by molar-refractivity contribution is 8.07. The van der Waals surface area contributed by atoms with Crippen molar-refractivity contribution in [1.29, 1.82) is 0 Å². The number of aryl methyl sites for hydroxylation is 4. The van der Waals surface area contributed by atoms with E-state index in [1.54, 1.807) is 29.1 Å². The highest BCUT2D eigenvalue weighted by Crippen LogP contribution is 2.28. The maximum Gasteiger partial charge on any atom is 0.0140 e. The molecule has 39 heavy (non-hydrogen) atoms. The number of hydrogen-bond donors (Lipinski definition) is 0. The molecule has 2 aromatic carbocycles. The van der Waals surface area contributed by atoms with Gasteiger partial charge in [0.1, 0.15) is 0 Å². The molecule has 2 aromatic rings. The van der Waals surface area contributed by atoms with Crippen LogP contribution in [0.2, 0.25) is 0 Å². The lowest BCUT2D eigenvalue weighted by Gasteiger charge is -2.16. The summed E-state index contributed by atoms with van der Waals surface area (Å²) in [7, 11) is 1.99. The van der Waals surface area contributed by atoms with Crippen LogP contribution >= 0.6 is 11.8 Å². The third kappa shape index (κ3) is 13.1. The zero-order chi connectivity index (χ0) is 30.0. The Morgan fingerprint density at radius 3 is 1.97 bits per heavy atom. The zero-order valence-electron chi connectivity index (χ0n) is 27.2. The molecule has 0 spiro atoms. The van der Waals surface area contributed by atoms with Gasteiger partial charge in [-0.15, -0.1) is 11.8 Å². The van der Waals surface area contributed by atoms with Crippen LogP contribution in [-0.2, 0) is 25.7 Å². The second kappa shape index (κ2) is 20.7. The molecule has 0 aromatic heterocycles. The summed E-state index contributed by atoms with van der Waals surface area (Å²) in [5.41, 5.74) is 13.0. The normalized spacial score (nSPS) is 11.9. The van der Waals surface area contributed by atoms with Crippen molar-refractivity contribution >= 4 is 16.7 Å². The van der Waals surface area contributed by atoms with E-state index in [-0.39, 0.29) is 0 Å². The van der Waals surface area contributed by atoms with E-state index < -0.39 is 0 Å². The summed E-state index contributed by atoms with van der Waals surface area (Å²) in [6, 6.07) is 9.25. The lowest BCUT2D eigenvalue weighted by atomic mass is 9.89. The molecule has 1 nitrogen and oxygen atoms in total. The van der Waals surface area contributed by atoms with Crippen LogP contribution in [0.4, 0.5) is 0 Å². The minimum Gasteiger partial charge on any atom is -0.381 e. The molecule has 0 radical (unpaired) electrons. The highest BCUT2D eigenvalue weighted by Gasteiger charge is 2.10. The van der Waals surface area contributed by atoms with Crippen LogP contribution in [-0.4, -0.2) is 24.7 Å². The van der Waals surface area contributed by atoms with Crippen LogP contribution in [0.15, 0.2) is 55.8 Å². The molecule has 2 heteroatoms. The molecule has 0 saturated carbocycles. The smallest absolute Gasteiger partial charge is 0.0140 e. The molecule has 218 valence electrons. The van der Waals surface area contributed by atoms with E-state index in [2.05, 4.69) is 91.8 Å². The number of rotatable bonds is 7. The van der Waals surface area contributed by atoms with Gasteiger partial charge in [0.25, 0.3) is 0 Å². The summed E-state index contributed by atoms with van der Waals surface area (Å²) >= 11 is 1.74. The van der Waals surface area contributed by atoms with Gasteiger partial charge in [0.05, 0.1) is 0 Å². The predicted octanol–water partition coefficient (Wildman–Crippen LogP) is 11.1. The maximum absolute atomic E-state index is 4.10. The van der Waals surface area contributed by atoms with Gasteiger partial charge < -0.3 is 4.90 Å². The standard InChI is InChI=1S/C15H20S.C15H22.C5H11N.C2H6/c1-12(16-2)14-10-9-13-7-5-3-4-6-8-15(13)11-14;1-7-14-9-11(4)12(5)13(6)15(14)8-10(2)3;1-4-6(3)5-2;1-2/h9-11H,1,3-8H2,2H3;9H,2,7-8H2,1,3-6H3;4H,1,5H2,2-3H3;1-2H3. The quantitative estimate of drug-likeness (QED) is 0.316. The third-order valence-electron chi connectivity index (χ3n) is 7.47. The maximum atomic E-state index is 4.10. The van der Waals surface area contributed by atoms with Gasteiger partial charge in [-0.3, -0.25) is 0 Å². The summed E-state index contributed by atoms with van der Waals surface area (Å²) in [5.74, 6) is 0. The average molecular weight is 550 g/mol. The fourth-order valence-corrected chi connectivity index (χ4v) is 4.95. The van der Waals surface area contributed by atoms with Gasteiger partial charge in [-0.05, 0) is 130 Å². The van der Waals surface area contributed by atoms with Gasteiger partial charge in [0.2, 0.25) is 0 Å². The molecule has 0 N–H and O–H groups in total. The summed E-state index contributed by atoms with van der Waals surface area (Å²) < 4.78 is 0. The first-order valence-corrected chi connectivity index (χ1v) is 16.2. The molecule has 0 atom stereocenters. The van der Waals surface area contributed by atoms with Crippen molar-refractivity contribution in [2.24, 2.45) is 0 Å². The van der Waals surface area contributed by atoms with Gasteiger partial charge in [0, 0.05) is 18.5 Å². The fourth-order valence-electron chi connectivity index (χ4n) is 4.59. The van der Waals surface area contributed by atoms with E-state index >= 15 is 0 Å². The Bertz CT molecular complexity index is 1030. The molecule has 0 aliphatic heterocycles. The Morgan fingerprint density at radius 2 is 1.51 bits per heavy atom. The Morgan fingerprint density at radius 1 is 0.923 bits per heavy atom. The van der Waals surface area contributed by atoms with Crippen molar-refractivity contribution in [2.75, 3.05) is 19.8 Å².